The van der Waals surface area contributed by atoms with Crippen LogP contribution in [0.2, 0.25) is 0 Å². The third kappa shape index (κ3) is 3.85. The molecule has 150 valence electrons. The molecular formula is C25H28FN3. The maximum atomic E-state index is 13.5. The highest BCUT2D eigenvalue weighted by Gasteiger charge is 2.44. The van der Waals surface area contributed by atoms with Gasteiger partial charge in [-0.3, -0.25) is 9.98 Å². The molecule has 2 fully saturated rings. The maximum Gasteiger partial charge on any atom is 0.123 e. The summed E-state index contributed by atoms with van der Waals surface area (Å²) in [6.45, 7) is 1.90. The van der Waals surface area contributed by atoms with Crippen LogP contribution in [0.1, 0.15) is 37.8 Å². The maximum absolute atomic E-state index is 13.5. The first-order valence-electron chi connectivity index (χ1n) is 11.0. The molecule has 2 heterocycles. The predicted octanol–water partition coefficient (Wildman–Crippen LogP) is 5.35. The number of benzene rings is 1. The topological polar surface area (TPSA) is 37.3 Å². The zero-order valence-electron chi connectivity index (χ0n) is 16.7. The Morgan fingerprint density at radius 3 is 2.79 bits per heavy atom. The molecule has 4 heteroatoms. The first-order valence-corrected chi connectivity index (χ1v) is 11.0. The zero-order valence-corrected chi connectivity index (χ0v) is 16.7. The number of amidine groups is 1. The number of fused-ring (bicyclic) bond motifs is 1. The fourth-order valence-electron chi connectivity index (χ4n) is 5.61. The number of nitrogens with zero attached hydrogens (tertiary/aromatic N) is 2. The molecule has 0 amide bonds. The smallest absolute Gasteiger partial charge is 0.123 e. The van der Waals surface area contributed by atoms with Gasteiger partial charge in [0.25, 0.3) is 0 Å². The van der Waals surface area contributed by atoms with E-state index in [9.17, 15) is 4.39 Å². The Hall–Kier alpha value is -2.49. The molecule has 1 aromatic heterocycles. The average molecular weight is 390 g/mol. The van der Waals surface area contributed by atoms with Crippen LogP contribution in [0.25, 0.3) is 17.2 Å². The average Bonchev–Trinajstić information content (AvgIpc) is 3.40. The summed E-state index contributed by atoms with van der Waals surface area (Å²) in [5, 5.41) is 3.54. The van der Waals surface area contributed by atoms with Crippen LogP contribution in [-0.2, 0) is 0 Å². The van der Waals surface area contributed by atoms with E-state index >= 15 is 0 Å². The number of pyridine rings is 1. The van der Waals surface area contributed by atoms with Crippen molar-refractivity contribution >= 4 is 11.9 Å². The van der Waals surface area contributed by atoms with Crippen LogP contribution in [0.4, 0.5) is 4.39 Å². The van der Waals surface area contributed by atoms with Crippen molar-refractivity contribution in [3.05, 3.63) is 60.2 Å². The van der Waals surface area contributed by atoms with Crippen molar-refractivity contribution in [1.29, 1.82) is 0 Å². The van der Waals surface area contributed by atoms with Crippen molar-refractivity contribution in [2.45, 2.75) is 32.1 Å². The van der Waals surface area contributed by atoms with Crippen molar-refractivity contribution < 1.29 is 4.39 Å². The standard InChI is InChI=1S/C25H28FN3/c26-20-6-3-5-17(14-20)19-8-9-21(29-16-19)10-11-23-22-7-2-1-4-18(22)15-24(23)25-27-12-13-28-25/h3,5-6,8-11,14,16,18,22-24H,1-2,4,7,12-13,15H2,(H,27,28)/t18-,22+,23+,24+/m1/s1. The molecule has 3 aliphatic rings. The van der Waals surface area contributed by atoms with Gasteiger partial charge in [0.1, 0.15) is 11.7 Å². The summed E-state index contributed by atoms with van der Waals surface area (Å²) >= 11 is 0. The van der Waals surface area contributed by atoms with Crippen LogP contribution in [-0.4, -0.2) is 23.9 Å². The lowest BCUT2D eigenvalue weighted by Gasteiger charge is -2.28. The van der Waals surface area contributed by atoms with E-state index in [0.29, 0.717) is 11.8 Å². The quantitative estimate of drug-likeness (QED) is 0.766. The number of halogens is 1. The molecule has 0 bridgehead atoms. The highest BCUT2D eigenvalue weighted by molar-refractivity contribution is 5.87. The van der Waals surface area contributed by atoms with Crippen molar-refractivity contribution in [3.63, 3.8) is 0 Å². The Bertz CT molecular complexity index is 918. The third-order valence-electron chi connectivity index (χ3n) is 6.97. The summed E-state index contributed by atoms with van der Waals surface area (Å²) in [5.41, 5.74) is 2.76. The Morgan fingerprint density at radius 2 is 2.00 bits per heavy atom. The molecule has 2 saturated carbocycles. The minimum absolute atomic E-state index is 0.218. The molecule has 1 N–H and O–H groups in total. The van der Waals surface area contributed by atoms with Gasteiger partial charge in [-0.15, -0.1) is 0 Å². The minimum atomic E-state index is -0.218. The highest BCUT2D eigenvalue weighted by Crippen LogP contribution is 2.50. The van der Waals surface area contributed by atoms with E-state index in [0.717, 1.165) is 41.7 Å². The van der Waals surface area contributed by atoms with Crippen molar-refractivity contribution in [2.75, 3.05) is 13.1 Å². The molecule has 2 aliphatic carbocycles. The Morgan fingerprint density at radius 1 is 1.07 bits per heavy atom. The second kappa shape index (κ2) is 8.10. The largest absolute Gasteiger partial charge is 0.372 e. The van der Waals surface area contributed by atoms with E-state index in [1.54, 1.807) is 12.1 Å². The fourth-order valence-corrected chi connectivity index (χ4v) is 5.61. The van der Waals surface area contributed by atoms with Gasteiger partial charge >= 0.3 is 0 Å². The number of hydrogen-bond donors (Lipinski definition) is 1. The molecule has 5 rings (SSSR count). The van der Waals surface area contributed by atoms with Gasteiger partial charge < -0.3 is 5.32 Å². The summed E-state index contributed by atoms with van der Waals surface area (Å²) in [5.74, 6) is 3.73. The molecule has 3 nitrogen and oxygen atoms in total. The third-order valence-corrected chi connectivity index (χ3v) is 6.97. The van der Waals surface area contributed by atoms with Gasteiger partial charge in [-0.1, -0.05) is 43.5 Å². The minimum Gasteiger partial charge on any atom is -0.372 e. The molecule has 0 saturated heterocycles. The van der Waals surface area contributed by atoms with Crippen molar-refractivity contribution in [3.8, 4) is 11.1 Å². The van der Waals surface area contributed by atoms with Gasteiger partial charge in [-0.05, 0) is 60.4 Å². The molecule has 4 atom stereocenters. The summed E-state index contributed by atoms with van der Waals surface area (Å²) in [6, 6.07) is 10.7. The molecule has 1 aliphatic heterocycles. The highest BCUT2D eigenvalue weighted by atomic mass is 19.1. The predicted molar refractivity (Wildman–Crippen MR) is 116 cm³/mol. The van der Waals surface area contributed by atoms with Crippen LogP contribution >= 0.6 is 0 Å². The first-order chi connectivity index (χ1) is 14.3. The van der Waals surface area contributed by atoms with E-state index in [2.05, 4.69) is 22.5 Å². The lowest BCUT2D eigenvalue weighted by atomic mass is 9.77. The Labute approximate surface area is 172 Å². The second-order valence-corrected chi connectivity index (χ2v) is 8.66. The number of aliphatic imine (C=N–C) groups is 1. The lowest BCUT2D eigenvalue weighted by molar-refractivity contribution is 0.249. The number of nitrogens with one attached hydrogen (secondary N) is 1. The molecule has 0 unspecified atom stereocenters. The number of aromatic nitrogens is 1. The van der Waals surface area contributed by atoms with Gasteiger partial charge in [-0.2, -0.15) is 0 Å². The first kappa shape index (κ1) is 18.5. The van der Waals surface area contributed by atoms with Gasteiger partial charge in [0.05, 0.1) is 12.2 Å². The molecular weight excluding hydrogens is 361 g/mol. The van der Waals surface area contributed by atoms with Crippen LogP contribution < -0.4 is 5.32 Å². The molecule has 2 aromatic rings. The van der Waals surface area contributed by atoms with Crippen LogP contribution in [0.5, 0.6) is 0 Å². The number of rotatable bonds is 4. The zero-order chi connectivity index (χ0) is 19.6. The van der Waals surface area contributed by atoms with E-state index < -0.39 is 0 Å². The van der Waals surface area contributed by atoms with Crippen molar-refractivity contribution in [2.24, 2.45) is 28.7 Å². The second-order valence-electron chi connectivity index (χ2n) is 8.66. The fraction of sp³-hybridized carbons (Fsp3) is 0.440. The summed E-state index contributed by atoms with van der Waals surface area (Å²) in [7, 11) is 0. The van der Waals surface area contributed by atoms with E-state index in [4.69, 9.17) is 4.99 Å². The van der Waals surface area contributed by atoms with Gasteiger partial charge in [0, 0.05) is 24.2 Å². The van der Waals surface area contributed by atoms with Gasteiger partial charge in [0.15, 0.2) is 0 Å². The summed E-state index contributed by atoms with van der Waals surface area (Å²) in [6.07, 6.45) is 13.2. The summed E-state index contributed by atoms with van der Waals surface area (Å²) in [4.78, 5) is 9.38. The van der Waals surface area contributed by atoms with E-state index in [1.807, 2.05) is 24.4 Å². The Balaban J connectivity index is 1.36. The van der Waals surface area contributed by atoms with E-state index in [1.165, 1.54) is 44.0 Å². The van der Waals surface area contributed by atoms with Gasteiger partial charge in [-0.25, -0.2) is 4.39 Å². The SMILES string of the molecule is Fc1cccc(-c2ccc(C=C[C@H]3[C@H]4CCCC[C@@H]4C[C@@H]3C3=NCCN3)nc2)c1. The lowest BCUT2D eigenvalue weighted by Crippen LogP contribution is -2.30. The van der Waals surface area contributed by atoms with Crippen molar-refractivity contribution in [1.82, 2.24) is 10.3 Å². The molecule has 1 aromatic carbocycles. The van der Waals surface area contributed by atoms with Crippen LogP contribution in [0.3, 0.4) is 0 Å². The molecule has 29 heavy (non-hydrogen) atoms. The van der Waals surface area contributed by atoms with Crippen LogP contribution in [0, 0.1) is 29.5 Å². The Kier molecular flexibility index (Phi) is 5.17. The number of allylic oxidation sites excluding steroid dienone is 1. The molecule has 0 radical (unpaired) electrons. The summed E-state index contributed by atoms with van der Waals surface area (Å²) < 4.78 is 13.5. The van der Waals surface area contributed by atoms with Gasteiger partial charge in [0.2, 0.25) is 0 Å². The van der Waals surface area contributed by atoms with Crippen LogP contribution in [0.15, 0.2) is 53.7 Å². The normalized spacial score (nSPS) is 28.9. The van der Waals surface area contributed by atoms with E-state index in [-0.39, 0.29) is 5.82 Å². The monoisotopic (exact) mass is 389 g/mol. The number of hydrogen-bond acceptors (Lipinski definition) is 3. The molecule has 0 spiro atoms.